The number of carbonyl (C=O) groups is 1. The van der Waals surface area contributed by atoms with Crippen LogP contribution < -0.4 is 11.1 Å². The van der Waals surface area contributed by atoms with E-state index in [1.807, 2.05) is 6.92 Å². The van der Waals surface area contributed by atoms with E-state index in [1.165, 1.54) is 11.3 Å². The Kier molecular flexibility index (Phi) is 4.07. The van der Waals surface area contributed by atoms with E-state index in [1.54, 1.807) is 6.07 Å². The lowest BCUT2D eigenvalue weighted by Crippen LogP contribution is -2.33. The number of thiophene rings is 1. The van der Waals surface area contributed by atoms with Crippen molar-refractivity contribution in [2.45, 2.75) is 13.0 Å². The fraction of sp³-hybridized carbons (Fsp3) is 0.444. The van der Waals surface area contributed by atoms with Crippen LogP contribution in [0.4, 0.5) is 5.69 Å². The quantitative estimate of drug-likeness (QED) is 0.572. The van der Waals surface area contributed by atoms with E-state index in [0.29, 0.717) is 10.6 Å². The van der Waals surface area contributed by atoms with Gasteiger partial charge >= 0.3 is 0 Å². The molecule has 1 atom stereocenters. The number of nitrogen functional groups attached to an aromatic ring is 1. The number of amides is 1. The second-order valence-electron chi connectivity index (χ2n) is 3.17. The van der Waals surface area contributed by atoms with Gasteiger partial charge in [-0.3, -0.25) is 4.79 Å². The molecule has 0 saturated carbocycles. The number of aliphatic hydroxyl groups excluding tert-OH is 2. The van der Waals surface area contributed by atoms with Gasteiger partial charge in [-0.25, -0.2) is 0 Å². The highest BCUT2D eigenvalue weighted by Crippen LogP contribution is 2.22. The van der Waals surface area contributed by atoms with Gasteiger partial charge in [0, 0.05) is 17.1 Å². The fourth-order valence-corrected chi connectivity index (χ4v) is 1.83. The highest BCUT2D eigenvalue weighted by Gasteiger charge is 2.11. The molecule has 1 aromatic heterocycles. The molecule has 6 heteroatoms. The number of aliphatic hydroxyl groups is 2. The monoisotopic (exact) mass is 230 g/mol. The number of rotatable bonds is 4. The van der Waals surface area contributed by atoms with Crippen LogP contribution in [0.2, 0.25) is 0 Å². The molecular weight excluding hydrogens is 216 g/mol. The molecule has 5 N–H and O–H groups in total. The van der Waals surface area contributed by atoms with Crippen LogP contribution in [0.25, 0.3) is 0 Å². The second kappa shape index (κ2) is 5.11. The Balaban J connectivity index is 2.54. The van der Waals surface area contributed by atoms with Crippen molar-refractivity contribution in [1.82, 2.24) is 5.32 Å². The van der Waals surface area contributed by atoms with Crippen LogP contribution in [-0.4, -0.2) is 35.4 Å². The van der Waals surface area contributed by atoms with Gasteiger partial charge in [0.25, 0.3) is 5.91 Å². The normalized spacial score (nSPS) is 12.5. The van der Waals surface area contributed by atoms with Crippen LogP contribution in [0.3, 0.4) is 0 Å². The van der Waals surface area contributed by atoms with E-state index in [0.717, 1.165) is 4.88 Å². The summed E-state index contributed by atoms with van der Waals surface area (Å²) in [5.41, 5.74) is 6.19. The summed E-state index contributed by atoms with van der Waals surface area (Å²) < 4.78 is 0. The van der Waals surface area contributed by atoms with Gasteiger partial charge < -0.3 is 21.3 Å². The summed E-state index contributed by atoms with van der Waals surface area (Å²) in [5, 5.41) is 20.1. The first-order valence-electron chi connectivity index (χ1n) is 4.47. The van der Waals surface area contributed by atoms with Crippen LogP contribution in [0.1, 0.15) is 14.5 Å². The minimum absolute atomic E-state index is 0.0339. The van der Waals surface area contributed by atoms with Crippen LogP contribution in [0, 0.1) is 6.92 Å². The minimum atomic E-state index is -0.924. The Hall–Kier alpha value is -1.11. The standard InChI is InChI=1S/C9H14N2O3S/c1-5-7(10)2-8(15-5)9(14)11-3-6(13)4-12/h2,6,12-13H,3-4,10H2,1H3,(H,11,14). The molecule has 1 heterocycles. The maximum absolute atomic E-state index is 11.5. The number of hydrogen-bond acceptors (Lipinski definition) is 5. The maximum Gasteiger partial charge on any atom is 0.261 e. The highest BCUT2D eigenvalue weighted by molar-refractivity contribution is 7.14. The molecule has 1 aromatic rings. The van der Waals surface area contributed by atoms with Crippen molar-refractivity contribution in [2.75, 3.05) is 18.9 Å². The Bertz CT molecular complexity index is 332. The lowest BCUT2D eigenvalue weighted by atomic mass is 10.3. The molecule has 0 saturated heterocycles. The van der Waals surface area contributed by atoms with Gasteiger partial charge in [0.05, 0.1) is 17.6 Å². The highest BCUT2D eigenvalue weighted by atomic mass is 32.1. The molecule has 1 rings (SSSR count). The van der Waals surface area contributed by atoms with Gasteiger partial charge in [0.15, 0.2) is 0 Å². The van der Waals surface area contributed by atoms with Crippen molar-refractivity contribution in [1.29, 1.82) is 0 Å². The molecule has 1 unspecified atom stereocenters. The van der Waals surface area contributed by atoms with E-state index in [4.69, 9.17) is 15.9 Å². The largest absolute Gasteiger partial charge is 0.398 e. The molecular formula is C9H14N2O3S. The zero-order valence-corrected chi connectivity index (χ0v) is 9.17. The number of hydrogen-bond donors (Lipinski definition) is 4. The lowest BCUT2D eigenvalue weighted by molar-refractivity contribution is 0.0804. The average Bonchev–Trinajstić information content (AvgIpc) is 2.55. The zero-order chi connectivity index (χ0) is 11.4. The first-order valence-corrected chi connectivity index (χ1v) is 5.29. The number of nitrogens with one attached hydrogen (secondary N) is 1. The van der Waals surface area contributed by atoms with Crippen LogP contribution in [0.5, 0.6) is 0 Å². The first-order chi connectivity index (χ1) is 7.04. The molecule has 5 nitrogen and oxygen atoms in total. The predicted molar refractivity (Wildman–Crippen MR) is 58.9 cm³/mol. The Morgan fingerprint density at radius 1 is 1.73 bits per heavy atom. The topological polar surface area (TPSA) is 95.6 Å². The van der Waals surface area contributed by atoms with E-state index in [-0.39, 0.29) is 19.1 Å². The van der Waals surface area contributed by atoms with E-state index < -0.39 is 6.10 Å². The van der Waals surface area contributed by atoms with Gasteiger partial charge in [0.1, 0.15) is 0 Å². The zero-order valence-electron chi connectivity index (χ0n) is 8.36. The SMILES string of the molecule is Cc1sc(C(=O)NCC(O)CO)cc1N. The number of anilines is 1. The molecule has 1 amide bonds. The van der Waals surface area contributed by atoms with Gasteiger partial charge in [-0.15, -0.1) is 11.3 Å². The summed E-state index contributed by atoms with van der Waals surface area (Å²) in [7, 11) is 0. The first kappa shape index (κ1) is 12.0. The molecule has 0 spiro atoms. The summed E-state index contributed by atoms with van der Waals surface area (Å²) in [6.07, 6.45) is -0.924. The van der Waals surface area contributed by atoms with Crippen molar-refractivity contribution >= 4 is 22.9 Å². The summed E-state index contributed by atoms with van der Waals surface area (Å²) in [6.45, 7) is 1.50. The maximum atomic E-state index is 11.5. The van der Waals surface area contributed by atoms with Crippen molar-refractivity contribution < 1.29 is 15.0 Å². The van der Waals surface area contributed by atoms with Crippen molar-refractivity contribution in [3.05, 3.63) is 15.8 Å². The average molecular weight is 230 g/mol. The third-order valence-electron chi connectivity index (χ3n) is 1.89. The van der Waals surface area contributed by atoms with Gasteiger partial charge in [-0.2, -0.15) is 0 Å². The van der Waals surface area contributed by atoms with Crippen LogP contribution >= 0.6 is 11.3 Å². The molecule has 0 aliphatic carbocycles. The predicted octanol–water partition coefficient (Wildman–Crippen LogP) is -0.278. The number of carbonyl (C=O) groups excluding carboxylic acids is 1. The third kappa shape index (κ3) is 3.19. The van der Waals surface area contributed by atoms with Gasteiger partial charge in [0.2, 0.25) is 0 Å². The molecule has 0 radical (unpaired) electrons. The van der Waals surface area contributed by atoms with Gasteiger partial charge in [-0.1, -0.05) is 0 Å². The minimum Gasteiger partial charge on any atom is -0.398 e. The second-order valence-corrected chi connectivity index (χ2v) is 4.42. The van der Waals surface area contributed by atoms with Gasteiger partial charge in [-0.05, 0) is 13.0 Å². The Morgan fingerprint density at radius 3 is 2.87 bits per heavy atom. The van der Waals surface area contributed by atoms with Crippen LogP contribution in [0.15, 0.2) is 6.07 Å². The van der Waals surface area contributed by atoms with Crippen molar-refractivity contribution in [3.63, 3.8) is 0 Å². The Morgan fingerprint density at radius 2 is 2.40 bits per heavy atom. The molecule has 84 valence electrons. The number of nitrogens with two attached hydrogens (primary N) is 1. The van der Waals surface area contributed by atoms with E-state index >= 15 is 0 Å². The van der Waals surface area contributed by atoms with Crippen molar-refractivity contribution in [3.8, 4) is 0 Å². The Labute approximate surface area is 91.5 Å². The summed E-state index contributed by atoms with van der Waals surface area (Å²) in [4.78, 5) is 12.9. The molecule has 0 aromatic carbocycles. The fourth-order valence-electron chi connectivity index (χ4n) is 0.970. The molecule has 15 heavy (non-hydrogen) atoms. The summed E-state index contributed by atoms with van der Waals surface area (Å²) in [5.74, 6) is -0.285. The molecule has 0 aliphatic rings. The molecule has 0 fully saturated rings. The summed E-state index contributed by atoms with van der Waals surface area (Å²) >= 11 is 1.30. The molecule has 0 bridgehead atoms. The number of aryl methyl sites for hydroxylation is 1. The van der Waals surface area contributed by atoms with Crippen LogP contribution in [-0.2, 0) is 0 Å². The smallest absolute Gasteiger partial charge is 0.261 e. The molecule has 0 aliphatic heterocycles. The summed E-state index contributed by atoms with van der Waals surface area (Å²) in [6, 6.07) is 1.60. The van der Waals surface area contributed by atoms with Crippen molar-refractivity contribution in [2.24, 2.45) is 0 Å². The van der Waals surface area contributed by atoms with E-state index in [2.05, 4.69) is 5.32 Å². The third-order valence-corrected chi connectivity index (χ3v) is 2.95. The lowest BCUT2D eigenvalue weighted by Gasteiger charge is -2.07. The van der Waals surface area contributed by atoms with E-state index in [9.17, 15) is 4.79 Å².